The molecular weight excluding hydrogens is 537 g/mol. The Morgan fingerprint density at radius 2 is 1.92 bits per heavy atom. The van der Waals surface area contributed by atoms with E-state index < -0.39 is 23.3 Å². The van der Waals surface area contributed by atoms with Gasteiger partial charge in [-0.1, -0.05) is 29.8 Å². The highest BCUT2D eigenvalue weighted by Crippen LogP contribution is 2.37. The number of anilines is 1. The Balaban J connectivity index is 1.41. The standard InChI is InChI=1S/C25H14ClF3N8O2/c1-36-11-31-23(35-36)21-16(26)7-12(8-30-21)33-24(39)15-9-32-37(22(15)25(27,28)29)19-6-5-17-20-13(18(10-38)34-17)3-2-4-14(19)20/h2-9,11,34H,1H3,(H,33,39). The van der Waals surface area contributed by atoms with Crippen molar-refractivity contribution in [2.45, 2.75) is 6.18 Å². The summed E-state index contributed by atoms with van der Waals surface area (Å²) >= 11 is 6.27. The van der Waals surface area contributed by atoms with Crippen LogP contribution < -0.4 is 10.7 Å². The van der Waals surface area contributed by atoms with E-state index in [0.717, 1.165) is 6.20 Å². The number of hydrogen-bond donors (Lipinski definition) is 2. The lowest BCUT2D eigenvalue weighted by molar-refractivity contribution is -0.143. The van der Waals surface area contributed by atoms with Crippen LogP contribution >= 0.6 is 11.6 Å². The molecule has 0 spiro atoms. The van der Waals surface area contributed by atoms with Crippen LogP contribution in [0.2, 0.25) is 5.02 Å². The lowest BCUT2D eigenvalue weighted by Crippen LogP contribution is -2.21. The van der Waals surface area contributed by atoms with Crippen molar-refractivity contribution < 1.29 is 22.8 Å². The third-order valence-corrected chi connectivity index (χ3v) is 6.36. The Kier molecular flexibility index (Phi) is 5.49. The number of carbonyl (C=O) groups is 1. The Labute approximate surface area is 220 Å². The summed E-state index contributed by atoms with van der Waals surface area (Å²) in [6.07, 6.45) is -1.41. The van der Waals surface area contributed by atoms with Gasteiger partial charge in [0.05, 0.1) is 34.4 Å². The Morgan fingerprint density at radius 1 is 1.13 bits per heavy atom. The van der Waals surface area contributed by atoms with Gasteiger partial charge in [-0.25, -0.2) is 19.4 Å². The summed E-state index contributed by atoms with van der Waals surface area (Å²) in [6, 6.07) is 9.20. The molecule has 0 fully saturated rings. The number of H-pyrrole nitrogens is 1. The summed E-state index contributed by atoms with van der Waals surface area (Å²) in [6.45, 7) is 0. The summed E-state index contributed by atoms with van der Waals surface area (Å²) in [5.41, 5.74) is -1.04. The highest BCUT2D eigenvalue weighted by molar-refractivity contribution is 6.33. The van der Waals surface area contributed by atoms with Crippen LogP contribution in [0.1, 0.15) is 16.1 Å². The van der Waals surface area contributed by atoms with Gasteiger partial charge < -0.3 is 10.3 Å². The molecule has 0 aliphatic carbocycles. The molecule has 1 amide bonds. The summed E-state index contributed by atoms with van der Waals surface area (Å²) < 4.78 is 45.2. The van der Waals surface area contributed by atoms with Gasteiger partial charge in [-0.05, 0) is 18.2 Å². The summed E-state index contributed by atoms with van der Waals surface area (Å²) in [5, 5.41) is 12.2. The fraction of sp³-hybridized carbons (Fsp3) is 0.0800. The van der Waals surface area contributed by atoms with E-state index in [2.05, 4.69) is 30.5 Å². The Bertz CT molecular complexity index is 2000. The van der Waals surface area contributed by atoms with Crippen molar-refractivity contribution in [3.63, 3.8) is 0 Å². The van der Waals surface area contributed by atoms with Gasteiger partial charge in [-0.15, -0.1) is 5.10 Å². The van der Waals surface area contributed by atoms with E-state index in [1.165, 1.54) is 29.3 Å². The van der Waals surface area contributed by atoms with Crippen molar-refractivity contribution in [3.8, 4) is 17.2 Å². The quantitative estimate of drug-likeness (QED) is 0.344. The van der Waals surface area contributed by atoms with Crippen molar-refractivity contribution in [1.29, 1.82) is 0 Å². The molecule has 6 rings (SSSR count). The van der Waals surface area contributed by atoms with Gasteiger partial charge in [-0.2, -0.15) is 18.3 Å². The van der Waals surface area contributed by atoms with E-state index in [-0.39, 0.29) is 33.3 Å². The van der Waals surface area contributed by atoms with Gasteiger partial charge in [-0.3, -0.25) is 9.48 Å². The van der Waals surface area contributed by atoms with E-state index in [1.807, 2.05) is 0 Å². The zero-order valence-corrected chi connectivity index (χ0v) is 20.5. The number of aromatic nitrogens is 7. The van der Waals surface area contributed by atoms with Crippen LogP contribution in [0.3, 0.4) is 0 Å². The molecule has 0 bridgehead atoms. The average molecular weight is 551 g/mol. The number of benzene rings is 2. The van der Waals surface area contributed by atoms with Gasteiger partial charge >= 0.3 is 6.18 Å². The molecule has 10 nitrogen and oxygen atoms in total. The van der Waals surface area contributed by atoms with Crippen molar-refractivity contribution in [3.05, 3.63) is 76.7 Å². The molecule has 0 radical (unpaired) electrons. The van der Waals surface area contributed by atoms with Gasteiger partial charge in [0.25, 0.3) is 5.91 Å². The number of amides is 1. The maximum absolute atomic E-state index is 14.4. The molecule has 194 valence electrons. The van der Waals surface area contributed by atoms with Crippen molar-refractivity contribution in [1.82, 2.24) is 34.5 Å². The third kappa shape index (κ3) is 4.00. The number of carbonyl (C=O) groups excluding carboxylic acids is 2. The molecule has 4 aromatic heterocycles. The first-order valence-corrected chi connectivity index (χ1v) is 11.6. The number of halogens is 4. The zero-order chi connectivity index (χ0) is 27.5. The maximum atomic E-state index is 14.4. The molecule has 0 atom stereocenters. The van der Waals surface area contributed by atoms with Crippen molar-refractivity contribution in [2.75, 3.05) is 5.32 Å². The minimum atomic E-state index is -4.94. The van der Waals surface area contributed by atoms with Crippen molar-refractivity contribution in [2.24, 2.45) is 7.05 Å². The van der Waals surface area contributed by atoms with Crippen LogP contribution in [-0.4, -0.2) is 46.4 Å². The molecule has 0 aliphatic rings. The number of aryl methyl sites for hydroxylation is 1. The molecule has 6 aromatic rings. The number of aromatic amines is 1. The van der Waals surface area contributed by atoms with Crippen LogP contribution in [0.4, 0.5) is 18.9 Å². The molecule has 14 heteroatoms. The second-order valence-corrected chi connectivity index (χ2v) is 8.94. The summed E-state index contributed by atoms with van der Waals surface area (Å²) in [4.78, 5) is 35.5. The van der Waals surface area contributed by atoms with E-state index >= 15 is 0 Å². The maximum Gasteiger partial charge on any atom is 0.434 e. The highest BCUT2D eigenvalue weighted by atomic mass is 35.5. The normalized spacial score (nSPS) is 11.8. The molecule has 4 heterocycles. The van der Waals surface area contributed by atoms with E-state index in [1.54, 1.807) is 37.3 Å². The average Bonchev–Trinajstić information content (AvgIpc) is 3.62. The van der Waals surface area contributed by atoms with Crippen LogP contribution in [0.15, 0.2) is 55.1 Å². The molecule has 0 aliphatic heterocycles. The fourth-order valence-corrected chi connectivity index (χ4v) is 4.71. The Morgan fingerprint density at radius 3 is 2.62 bits per heavy atom. The van der Waals surface area contributed by atoms with Crippen LogP contribution in [0.25, 0.3) is 38.9 Å². The number of alkyl halides is 3. The lowest BCUT2D eigenvalue weighted by atomic mass is 10.1. The number of pyridine rings is 1. The topological polar surface area (TPSA) is 123 Å². The minimum Gasteiger partial charge on any atom is -0.345 e. The monoisotopic (exact) mass is 550 g/mol. The molecule has 39 heavy (non-hydrogen) atoms. The minimum absolute atomic E-state index is 0.0649. The fourth-order valence-electron chi connectivity index (χ4n) is 4.46. The number of nitrogens with zero attached hydrogens (tertiary/aromatic N) is 6. The zero-order valence-electron chi connectivity index (χ0n) is 19.7. The van der Waals surface area contributed by atoms with E-state index in [9.17, 15) is 22.8 Å². The number of nitrogens with one attached hydrogen (secondary N) is 2. The van der Waals surface area contributed by atoms with Gasteiger partial charge in [0.1, 0.15) is 17.4 Å². The first-order valence-electron chi connectivity index (χ1n) is 11.2. The first-order chi connectivity index (χ1) is 18.7. The second kappa shape index (κ2) is 8.79. The van der Waals surface area contributed by atoms with Gasteiger partial charge in [0.2, 0.25) is 5.82 Å². The number of hydrogen-bond acceptors (Lipinski definition) is 6. The molecular formula is C25H14ClF3N8O2. The van der Waals surface area contributed by atoms with Gasteiger partial charge in [0, 0.05) is 28.7 Å². The molecule has 2 N–H and O–H groups in total. The van der Waals surface area contributed by atoms with Crippen LogP contribution in [0.5, 0.6) is 0 Å². The molecule has 0 unspecified atom stereocenters. The first kappa shape index (κ1) is 24.3. The SMILES string of the molecule is Cn1cnc(-c2ncc(NC(=O)c3cnn(-c4ccc5[nH]c(=C=O)c6cccc4c56)c3C(F)(F)F)cc2Cl)n1. The molecule has 0 saturated heterocycles. The van der Waals surface area contributed by atoms with E-state index in [4.69, 9.17) is 11.6 Å². The second-order valence-electron chi connectivity index (χ2n) is 8.53. The smallest absolute Gasteiger partial charge is 0.345 e. The Hall–Kier alpha value is -5.00. The third-order valence-electron chi connectivity index (χ3n) is 6.07. The van der Waals surface area contributed by atoms with Crippen LogP contribution in [-0.2, 0) is 18.0 Å². The van der Waals surface area contributed by atoms with Crippen LogP contribution in [0, 0.1) is 0 Å². The summed E-state index contributed by atoms with van der Waals surface area (Å²) in [7, 11) is 1.66. The highest BCUT2D eigenvalue weighted by Gasteiger charge is 2.41. The number of rotatable bonds is 4. The van der Waals surface area contributed by atoms with E-state index in [0.29, 0.717) is 26.4 Å². The predicted molar refractivity (Wildman–Crippen MR) is 135 cm³/mol. The molecule has 0 saturated carbocycles. The van der Waals surface area contributed by atoms with Crippen molar-refractivity contribution >= 4 is 50.8 Å². The lowest BCUT2D eigenvalue weighted by Gasteiger charge is -2.14. The predicted octanol–water partition coefficient (Wildman–Crippen LogP) is 3.84. The van der Waals surface area contributed by atoms with Gasteiger partial charge in [0.15, 0.2) is 11.6 Å². The largest absolute Gasteiger partial charge is 0.434 e. The molecule has 2 aromatic carbocycles. The summed E-state index contributed by atoms with van der Waals surface area (Å²) in [5.74, 6) is 0.990.